The van der Waals surface area contributed by atoms with E-state index in [2.05, 4.69) is 32.3 Å². The molecule has 3 atom stereocenters. The number of carboxylic acid groups (broad SMARTS) is 1. The molecule has 20 heavy (non-hydrogen) atoms. The van der Waals surface area contributed by atoms with Crippen LogP contribution in [0, 0.1) is 5.92 Å². The van der Waals surface area contributed by atoms with Crippen molar-refractivity contribution in [1.29, 1.82) is 0 Å². The summed E-state index contributed by atoms with van der Waals surface area (Å²) in [6, 6.07) is 2.22. The highest BCUT2D eigenvalue weighted by Crippen LogP contribution is 2.39. The van der Waals surface area contributed by atoms with Crippen LogP contribution in [-0.2, 0) is 11.3 Å². The summed E-state index contributed by atoms with van der Waals surface area (Å²) in [6.45, 7) is 0.774. The lowest BCUT2D eigenvalue weighted by Crippen LogP contribution is -2.54. The summed E-state index contributed by atoms with van der Waals surface area (Å²) in [7, 11) is 0. The Bertz CT molecular complexity index is 490. The monoisotopic (exact) mass is 357 g/mol. The maximum atomic E-state index is 11.6. The Morgan fingerprint density at radius 1 is 1.35 bits per heavy atom. The van der Waals surface area contributed by atoms with Crippen molar-refractivity contribution in [2.75, 3.05) is 0 Å². The van der Waals surface area contributed by atoms with Crippen molar-refractivity contribution in [2.45, 2.75) is 57.2 Å². The van der Waals surface area contributed by atoms with E-state index in [0.717, 1.165) is 30.3 Å². The molecule has 1 aliphatic heterocycles. The van der Waals surface area contributed by atoms with E-state index in [-0.39, 0.29) is 6.04 Å². The van der Waals surface area contributed by atoms with Crippen molar-refractivity contribution < 1.29 is 9.90 Å². The van der Waals surface area contributed by atoms with E-state index < -0.39 is 5.97 Å². The number of carboxylic acids is 1. The van der Waals surface area contributed by atoms with Crippen molar-refractivity contribution in [3.8, 4) is 0 Å². The third kappa shape index (κ3) is 2.81. The molecule has 1 saturated heterocycles. The zero-order valence-corrected chi connectivity index (χ0v) is 13.8. The van der Waals surface area contributed by atoms with Gasteiger partial charge in [-0.3, -0.25) is 9.69 Å². The Hall–Kier alpha value is -0.390. The first-order valence-corrected chi connectivity index (χ1v) is 9.04. The van der Waals surface area contributed by atoms with Gasteiger partial charge in [-0.1, -0.05) is 12.8 Å². The molecule has 0 amide bonds. The second kappa shape index (κ2) is 6.16. The highest BCUT2D eigenvalue weighted by atomic mass is 79.9. The molecular formula is C15H20BrNO2S. The fraction of sp³-hybridized carbons (Fsp3) is 0.667. The minimum absolute atomic E-state index is 0.302. The molecule has 1 saturated carbocycles. The van der Waals surface area contributed by atoms with E-state index in [1.54, 1.807) is 11.3 Å². The fourth-order valence-electron chi connectivity index (χ4n) is 3.83. The van der Waals surface area contributed by atoms with Gasteiger partial charge >= 0.3 is 5.97 Å². The lowest BCUT2D eigenvalue weighted by atomic mass is 9.76. The number of halogens is 1. The Balaban J connectivity index is 1.84. The van der Waals surface area contributed by atoms with Gasteiger partial charge in [0.1, 0.15) is 6.04 Å². The van der Waals surface area contributed by atoms with Crippen LogP contribution in [0.2, 0.25) is 0 Å². The number of carbonyl (C=O) groups is 1. The van der Waals surface area contributed by atoms with Gasteiger partial charge < -0.3 is 5.11 Å². The summed E-state index contributed by atoms with van der Waals surface area (Å²) < 4.78 is 1.12. The number of nitrogens with zero attached hydrogens (tertiary/aromatic N) is 1. The van der Waals surface area contributed by atoms with Crippen LogP contribution >= 0.6 is 27.3 Å². The third-order valence-electron chi connectivity index (χ3n) is 4.81. The molecule has 0 aromatic carbocycles. The smallest absolute Gasteiger partial charge is 0.320 e. The maximum Gasteiger partial charge on any atom is 0.320 e. The van der Waals surface area contributed by atoms with Crippen LogP contribution < -0.4 is 0 Å². The normalized spacial score (nSPS) is 30.9. The largest absolute Gasteiger partial charge is 0.480 e. The summed E-state index contributed by atoms with van der Waals surface area (Å²) >= 11 is 5.29. The van der Waals surface area contributed by atoms with Crippen LogP contribution in [0.3, 0.4) is 0 Å². The van der Waals surface area contributed by atoms with Gasteiger partial charge in [0.05, 0.1) is 0 Å². The average Bonchev–Trinajstić information content (AvgIpc) is 2.84. The van der Waals surface area contributed by atoms with Crippen LogP contribution in [-0.4, -0.2) is 28.1 Å². The van der Waals surface area contributed by atoms with E-state index in [4.69, 9.17) is 0 Å². The van der Waals surface area contributed by atoms with Crippen molar-refractivity contribution in [3.05, 3.63) is 20.8 Å². The molecule has 1 N–H and O–H groups in total. The van der Waals surface area contributed by atoms with Crippen LogP contribution in [0.5, 0.6) is 0 Å². The highest BCUT2D eigenvalue weighted by Gasteiger charge is 2.41. The first-order chi connectivity index (χ1) is 9.66. The molecule has 2 fully saturated rings. The Kier molecular flexibility index (Phi) is 4.48. The molecule has 3 rings (SSSR count). The molecule has 3 nitrogen and oxygen atoms in total. The van der Waals surface area contributed by atoms with Gasteiger partial charge in [0.15, 0.2) is 0 Å². The van der Waals surface area contributed by atoms with Crippen LogP contribution in [0.4, 0.5) is 0 Å². The van der Waals surface area contributed by atoms with Crippen LogP contribution in [0.25, 0.3) is 0 Å². The summed E-state index contributed by atoms with van der Waals surface area (Å²) in [5.41, 5.74) is 0. The number of fused-ring (bicyclic) bond motifs is 1. The van der Waals surface area contributed by atoms with Crippen molar-refractivity contribution in [3.63, 3.8) is 0 Å². The van der Waals surface area contributed by atoms with E-state index in [0.29, 0.717) is 12.0 Å². The molecule has 2 aliphatic rings. The molecule has 110 valence electrons. The number of rotatable bonds is 3. The Morgan fingerprint density at radius 3 is 2.85 bits per heavy atom. The summed E-state index contributed by atoms with van der Waals surface area (Å²) in [5.74, 6) is 0.0554. The first-order valence-electron chi connectivity index (χ1n) is 7.37. The number of thiophene rings is 1. The van der Waals surface area contributed by atoms with E-state index in [9.17, 15) is 9.90 Å². The lowest BCUT2D eigenvalue weighted by molar-refractivity contribution is -0.148. The molecule has 5 heteroatoms. The maximum absolute atomic E-state index is 11.6. The fourth-order valence-corrected chi connectivity index (χ4v) is 5.31. The van der Waals surface area contributed by atoms with Crippen molar-refractivity contribution in [1.82, 2.24) is 4.90 Å². The molecular weight excluding hydrogens is 338 g/mol. The average molecular weight is 358 g/mol. The molecule has 1 aliphatic carbocycles. The van der Waals surface area contributed by atoms with Gasteiger partial charge in [0, 0.05) is 21.9 Å². The van der Waals surface area contributed by atoms with Gasteiger partial charge in [-0.25, -0.2) is 0 Å². The highest BCUT2D eigenvalue weighted by molar-refractivity contribution is 9.10. The molecule has 0 bridgehead atoms. The molecule has 0 spiro atoms. The van der Waals surface area contributed by atoms with Gasteiger partial charge in [-0.05, 0) is 59.0 Å². The van der Waals surface area contributed by atoms with Gasteiger partial charge in [0.2, 0.25) is 0 Å². The Labute approximate surface area is 132 Å². The lowest BCUT2D eigenvalue weighted by Gasteiger charge is -2.47. The predicted octanol–water partition coefficient (Wildman–Crippen LogP) is 4.12. The second-order valence-corrected chi connectivity index (χ2v) is 7.76. The van der Waals surface area contributed by atoms with Gasteiger partial charge in [-0.2, -0.15) is 0 Å². The van der Waals surface area contributed by atoms with E-state index in [1.165, 1.54) is 24.1 Å². The molecule has 1 aromatic rings. The topological polar surface area (TPSA) is 40.5 Å². The molecule has 0 radical (unpaired) electrons. The Morgan fingerprint density at radius 2 is 2.15 bits per heavy atom. The second-order valence-electron chi connectivity index (χ2n) is 5.91. The zero-order valence-electron chi connectivity index (χ0n) is 11.4. The number of likely N-dealkylation sites (tertiary alicyclic amines) is 1. The SMILES string of the molecule is O=C(O)C1CCC2CCCCC2N1Cc1sccc1Br. The standard InChI is InChI=1S/C15H20BrNO2S/c16-11-7-8-20-14(11)9-17-12-4-2-1-3-10(12)5-6-13(17)15(18)19/h7-8,10,12-13H,1-6,9H2,(H,18,19). The minimum Gasteiger partial charge on any atom is -0.480 e. The number of piperidine rings is 1. The number of hydrogen-bond acceptors (Lipinski definition) is 3. The van der Waals surface area contributed by atoms with E-state index in [1.807, 2.05) is 0 Å². The van der Waals surface area contributed by atoms with Gasteiger partial charge in [0.25, 0.3) is 0 Å². The van der Waals surface area contributed by atoms with Crippen molar-refractivity contribution in [2.24, 2.45) is 5.92 Å². The van der Waals surface area contributed by atoms with Crippen LogP contribution in [0.15, 0.2) is 15.9 Å². The molecule has 1 aromatic heterocycles. The van der Waals surface area contributed by atoms with Gasteiger partial charge in [-0.15, -0.1) is 11.3 Å². The quantitative estimate of drug-likeness (QED) is 0.884. The molecule has 3 unspecified atom stereocenters. The predicted molar refractivity (Wildman–Crippen MR) is 84.0 cm³/mol. The van der Waals surface area contributed by atoms with Crippen LogP contribution in [0.1, 0.15) is 43.4 Å². The summed E-state index contributed by atoms with van der Waals surface area (Å²) in [5, 5.41) is 11.6. The number of hydrogen-bond donors (Lipinski definition) is 1. The minimum atomic E-state index is -0.651. The van der Waals surface area contributed by atoms with E-state index >= 15 is 0 Å². The first kappa shape index (κ1) is 14.5. The molecule has 2 heterocycles. The summed E-state index contributed by atoms with van der Waals surface area (Å²) in [6.07, 6.45) is 6.89. The zero-order chi connectivity index (χ0) is 14.1. The van der Waals surface area contributed by atoms with Crippen molar-refractivity contribution >= 4 is 33.2 Å². The third-order valence-corrected chi connectivity index (χ3v) is 6.72. The number of aliphatic carboxylic acids is 1. The summed E-state index contributed by atoms with van der Waals surface area (Å²) in [4.78, 5) is 15.1.